The Hall–Kier alpha value is -0.520. The van der Waals surface area contributed by atoms with Crippen molar-refractivity contribution in [1.82, 2.24) is 15.0 Å². The van der Waals surface area contributed by atoms with Gasteiger partial charge in [0, 0.05) is 11.6 Å². The Labute approximate surface area is 92.0 Å². The lowest BCUT2D eigenvalue weighted by atomic mass is 10.4. The van der Waals surface area contributed by atoms with Gasteiger partial charge in [0.2, 0.25) is 5.28 Å². The lowest BCUT2D eigenvalue weighted by molar-refractivity contribution is 1.14. The number of hydrogen-bond donors (Lipinski definition) is 0. The molecule has 0 aromatic carbocycles. The minimum absolute atomic E-state index is 0.222. The van der Waals surface area contributed by atoms with E-state index in [1.54, 1.807) is 12.3 Å². The molecule has 2 heterocycles. The van der Waals surface area contributed by atoms with E-state index in [1.165, 1.54) is 11.3 Å². The Morgan fingerprint density at radius 2 is 2.23 bits per heavy atom. The molecule has 0 bridgehead atoms. The Morgan fingerprint density at radius 1 is 1.38 bits per heavy atom. The monoisotopic (exact) mass is 275 g/mol. The lowest BCUT2D eigenvalue weighted by Gasteiger charge is -1.96. The highest BCUT2D eigenvalue weighted by Crippen LogP contribution is 2.23. The van der Waals surface area contributed by atoms with Gasteiger partial charge in [-0.2, -0.15) is 0 Å². The SMILES string of the molecule is Clc1nc(Br)cc(-c2nccs2)n1. The molecule has 3 nitrogen and oxygen atoms in total. The molecule has 0 fully saturated rings. The van der Waals surface area contributed by atoms with Crippen LogP contribution in [-0.2, 0) is 0 Å². The van der Waals surface area contributed by atoms with Crippen molar-refractivity contribution in [1.29, 1.82) is 0 Å². The fourth-order valence-electron chi connectivity index (χ4n) is 0.849. The first-order valence-corrected chi connectivity index (χ1v) is 5.41. The highest BCUT2D eigenvalue weighted by atomic mass is 79.9. The first-order chi connectivity index (χ1) is 6.25. The van der Waals surface area contributed by atoms with E-state index in [2.05, 4.69) is 30.9 Å². The summed E-state index contributed by atoms with van der Waals surface area (Å²) in [5.41, 5.74) is 0.738. The van der Waals surface area contributed by atoms with E-state index in [9.17, 15) is 0 Å². The molecule has 0 aliphatic rings. The van der Waals surface area contributed by atoms with Crippen LogP contribution in [0.3, 0.4) is 0 Å². The van der Waals surface area contributed by atoms with Crippen molar-refractivity contribution < 1.29 is 0 Å². The van der Waals surface area contributed by atoms with Gasteiger partial charge in [-0.1, -0.05) is 0 Å². The zero-order valence-corrected chi connectivity index (χ0v) is 9.40. The molecule has 2 aromatic heterocycles. The van der Waals surface area contributed by atoms with Crippen LogP contribution in [0.15, 0.2) is 22.2 Å². The minimum Gasteiger partial charge on any atom is -0.243 e. The highest BCUT2D eigenvalue weighted by molar-refractivity contribution is 9.10. The molecule has 0 atom stereocenters. The molecule has 0 amide bonds. The predicted octanol–water partition coefficient (Wildman–Crippen LogP) is 3.02. The number of rotatable bonds is 1. The Balaban J connectivity index is 2.53. The summed E-state index contributed by atoms with van der Waals surface area (Å²) in [6, 6.07) is 1.78. The van der Waals surface area contributed by atoms with E-state index in [-0.39, 0.29) is 5.28 Å². The van der Waals surface area contributed by atoms with E-state index in [1.807, 2.05) is 5.38 Å². The average Bonchev–Trinajstić information content (AvgIpc) is 2.53. The molecule has 0 unspecified atom stereocenters. The van der Waals surface area contributed by atoms with E-state index < -0.39 is 0 Å². The van der Waals surface area contributed by atoms with Crippen LogP contribution in [0.25, 0.3) is 10.7 Å². The third-order valence-electron chi connectivity index (χ3n) is 1.32. The summed E-state index contributed by atoms with van der Waals surface area (Å²) in [6.45, 7) is 0. The summed E-state index contributed by atoms with van der Waals surface area (Å²) in [6.07, 6.45) is 1.73. The summed E-state index contributed by atoms with van der Waals surface area (Å²) in [5.74, 6) is 0. The van der Waals surface area contributed by atoms with Gasteiger partial charge in [0.15, 0.2) is 0 Å². The van der Waals surface area contributed by atoms with Gasteiger partial charge in [-0.15, -0.1) is 11.3 Å². The molecule has 0 radical (unpaired) electrons. The summed E-state index contributed by atoms with van der Waals surface area (Å²) >= 11 is 10.4. The molecule has 13 heavy (non-hydrogen) atoms. The maximum Gasteiger partial charge on any atom is 0.224 e. The van der Waals surface area contributed by atoms with E-state index in [0.717, 1.165) is 10.7 Å². The van der Waals surface area contributed by atoms with Crippen LogP contribution in [0.4, 0.5) is 0 Å². The van der Waals surface area contributed by atoms with Gasteiger partial charge < -0.3 is 0 Å². The molecule has 2 rings (SSSR count). The Morgan fingerprint density at radius 3 is 2.85 bits per heavy atom. The maximum absolute atomic E-state index is 5.69. The van der Waals surface area contributed by atoms with Crippen LogP contribution in [0.5, 0.6) is 0 Å². The van der Waals surface area contributed by atoms with Crippen molar-refractivity contribution >= 4 is 38.9 Å². The number of halogens is 2. The van der Waals surface area contributed by atoms with Gasteiger partial charge in [-0.05, 0) is 33.6 Å². The summed E-state index contributed by atoms with van der Waals surface area (Å²) in [5, 5.41) is 2.95. The van der Waals surface area contributed by atoms with E-state index >= 15 is 0 Å². The summed E-state index contributed by atoms with van der Waals surface area (Å²) in [4.78, 5) is 12.1. The largest absolute Gasteiger partial charge is 0.243 e. The summed E-state index contributed by atoms with van der Waals surface area (Å²) < 4.78 is 0.665. The van der Waals surface area contributed by atoms with Gasteiger partial charge >= 0.3 is 0 Å². The molecule has 0 saturated carbocycles. The first kappa shape index (κ1) is 9.05. The maximum atomic E-state index is 5.69. The van der Waals surface area contributed by atoms with Crippen molar-refractivity contribution in [2.75, 3.05) is 0 Å². The van der Waals surface area contributed by atoms with Crippen molar-refractivity contribution in [3.05, 3.63) is 27.5 Å². The number of nitrogens with zero attached hydrogens (tertiary/aromatic N) is 3. The van der Waals surface area contributed by atoms with Gasteiger partial charge in [0.1, 0.15) is 15.3 Å². The molecule has 66 valence electrons. The van der Waals surface area contributed by atoms with Crippen LogP contribution < -0.4 is 0 Å². The van der Waals surface area contributed by atoms with Gasteiger partial charge in [-0.3, -0.25) is 0 Å². The van der Waals surface area contributed by atoms with Gasteiger partial charge in [0.05, 0.1) is 0 Å². The van der Waals surface area contributed by atoms with E-state index in [0.29, 0.717) is 4.60 Å². The minimum atomic E-state index is 0.222. The van der Waals surface area contributed by atoms with Crippen molar-refractivity contribution in [2.24, 2.45) is 0 Å². The standard InChI is InChI=1S/C7H3BrClN3S/c8-5-3-4(11-7(9)12-5)6-10-1-2-13-6/h1-3H. The zero-order chi connectivity index (χ0) is 9.26. The second-order valence-electron chi connectivity index (χ2n) is 2.18. The highest BCUT2D eigenvalue weighted by Gasteiger charge is 2.05. The number of hydrogen-bond acceptors (Lipinski definition) is 4. The van der Waals surface area contributed by atoms with Crippen molar-refractivity contribution in [2.45, 2.75) is 0 Å². The van der Waals surface area contributed by atoms with Crippen LogP contribution in [-0.4, -0.2) is 15.0 Å². The molecule has 0 saturated heterocycles. The molecular formula is C7H3BrClN3S. The molecule has 2 aromatic rings. The molecule has 6 heteroatoms. The molecule has 0 aliphatic heterocycles. The van der Waals surface area contributed by atoms with E-state index in [4.69, 9.17) is 11.6 Å². The molecule has 0 N–H and O–H groups in total. The quantitative estimate of drug-likeness (QED) is 0.594. The Bertz CT molecular complexity index is 397. The van der Waals surface area contributed by atoms with Crippen molar-refractivity contribution in [3.63, 3.8) is 0 Å². The molecule has 0 aliphatic carbocycles. The number of thiazole rings is 1. The normalized spacial score (nSPS) is 10.3. The van der Waals surface area contributed by atoms with Crippen molar-refractivity contribution in [3.8, 4) is 10.7 Å². The smallest absolute Gasteiger partial charge is 0.224 e. The second kappa shape index (κ2) is 3.69. The van der Waals surface area contributed by atoms with Crippen LogP contribution in [0.1, 0.15) is 0 Å². The van der Waals surface area contributed by atoms with Gasteiger partial charge in [0.25, 0.3) is 0 Å². The van der Waals surface area contributed by atoms with Crippen LogP contribution in [0, 0.1) is 0 Å². The summed E-state index contributed by atoms with van der Waals surface area (Å²) in [7, 11) is 0. The fraction of sp³-hybridized carbons (Fsp3) is 0. The Kier molecular flexibility index (Phi) is 2.57. The van der Waals surface area contributed by atoms with Gasteiger partial charge in [-0.25, -0.2) is 15.0 Å². The first-order valence-electron chi connectivity index (χ1n) is 3.35. The topological polar surface area (TPSA) is 38.7 Å². The number of aromatic nitrogens is 3. The lowest BCUT2D eigenvalue weighted by Crippen LogP contribution is -1.87. The third-order valence-corrected chi connectivity index (χ3v) is 2.69. The van der Waals surface area contributed by atoms with Crippen LogP contribution >= 0.6 is 38.9 Å². The molecular weight excluding hydrogens is 274 g/mol. The third kappa shape index (κ3) is 2.04. The second-order valence-corrected chi connectivity index (χ2v) is 4.23. The molecule has 0 spiro atoms. The predicted molar refractivity (Wildman–Crippen MR) is 55.9 cm³/mol. The zero-order valence-electron chi connectivity index (χ0n) is 6.24. The average molecular weight is 277 g/mol. The van der Waals surface area contributed by atoms with Crippen LogP contribution in [0.2, 0.25) is 5.28 Å². The fourth-order valence-corrected chi connectivity index (χ4v) is 2.12.